The Labute approximate surface area is 161 Å². The van der Waals surface area contributed by atoms with Crippen LogP contribution in [0, 0.1) is 0 Å². The molecule has 0 saturated carbocycles. The van der Waals surface area contributed by atoms with Crippen molar-refractivity contribution in [3.8, 4) is 22.8 Å². The van der Waals surface area contributed by atoms with E-state index < -0.39 is 0 Å². The van der Waals surface area contributed by atoms with Gasteiger partial charge in [-0.3, -0.25) is 9.25 Å². The maximum absolute atomic E-state index is 5.26. The van der Waals surface area contributed by atoms with Gasteiger partial charge in [0.05, 0.1) is 12.8 Å². The Bertz CT molecular complexity index is 1020. The molecular formula is C20H19N5OS. The fourth-order valence-corrected chi connectivity index (χ4v) is 3.63. The molecule has 0 N–H and O–H groups in total. The summed E-state index contributed by atoms with van der Waals surface area (Å²) in [5.41, 5.74) is 3.02. The van der Waals surface area contributed by atoms with Crippen molar-refractivity contribution in [2.45, 2.75) is 10.9 Å². The molecular weight excluding hydrogens is 358 g/mol. The van der Waals surface area contributed by atoms with Gasteiger partial charge in [-0.2, -0.15) is 5.10 Å². The third kappa shape index (κ3) is 3.73. The molecule has 0 unspecified atom stereocenters. The number of rotatable bonds is 6. The van der Waals surface area contributed by atoms with Crippen LogP contribution in [0.2, 0.25) is 0 Å². The summed E-state index contributed by atoms with van der Waals surface area (Å²) in [7, 11) is 3.58. The van der Waals surface area contributed by atoms with E-state index >= 15 is 0 Å². The fourth-order valence-electron chi connectivity index (χ4n) is 2.78. The van der Waals surface area contributed by atoms with Crippen molar-refractivity contribution < 1.29 is 4.74 Å². The molecule has 0 radical (unpaired) electrons. The molecule has 136 valence electrons. The summed E-state index contributed by atoms with van der Waals surface area (Å²) in [4.78, 5) is 0. The maximum Gasteiger partial charge on any atom is 0.196 e. The summed E-state index contributed by atoms with van der Waals surface area (Å²) < 4.78 is 9.14. The van der Waals surface area contributed by atoms with Crippen LogP contribution in [0.25, 0.3) is 17.1 Å². The van der Waals surface area contributed by atoms with E-state index in [2.05, 4.69) is 32.0 Å². The first-order chi connectivity index (χ1) is 13.2. The number of aryl methyl sites for hydroxylation is 1. The molecule has 0 bridgehead atoms. The molecule has 0 aliphatic heterocycles. The van der Waals surface area contributed by atoms with E-state index in [-0.39, 0.29) is 0 Å². The number of nitrogens with zero attached hydrogens (tertiary/aromatic N) is 5. The van der Waals surface area contributed by atoms with E-state index in [1.54, 1.807) is 23.6 Å². The van der Waals surface area contributed by atoms with Crippen LogP contribution in [-0.4, -0.2) is 31.7 Å². The van der Waals surface area contributed by atoms with Gasteiger partial charge in [-0.15, -0.1) is 10.2 Å². The van der Waals surface area contributed by atoms with Gasteiger partial charge in [0.15, 0.2) is 11.0 Å². The lowest BCUT2D eigenvalue weighted by atomic mass is 10.2. The molecule has 0 saturated heterocycles. The first-order valence-corrected chi connectivity index (χ1v) is 9.50. The molecule has 0 fully saturated rings. The minimum absolute atomic E-state index is 0.731. The molecule has 2 aromatic heterocycles. The van der Waals surface area contributed by atoms with E-state index in [9.17, 15) is 0 Å². The zero-order valence-electron chi connectivity index (χ0n) is 15.1. The molecule has 0 amide bonds. The Morgan fingerprint density at radius 1 is 0.963 bits per heavy atom. The van der Waals surface area contributed by atoms with Crippen LogP contribution in [0.4, 0.5) is 0 Å². The van der Waals surface area contributed by atoms with Gasteiger partial charge >= 0.3 is 0 Å². The molecule has 2 aromatic carbocycles. The van der Waals surface area contributed by atoms with Crippen molar-refractivity contribution in [2.24, 2.45) is 7.05 Å². The number of hydrogen-bond acceptors (Lipinski definition) is 5. The Kier molecular flexibility index (Phi) is 4.93. The maximum atomic E-state index is 5.26. The van der Waals surface area contributed by atoms with Crippen LogP contribution in [-0.2, 0) is 12.8 Å². The molecule has 0 aliphatic carbocycles. The summed E-state index contributed by atoms with van der Waals surface area (Å²) in [6, 6.07) is 20.0. The van der Waals surface area contributed by atoms with Gasteiger partial charge in [0.2, 0.25) is 0 Å². The molecule has 0 aliphatic rings. The van der Waals surface area contributed by atoms with Crippen LogP contribution in [0.3, 0.4) is 0 Å². The SMILES string of the molecule is COc1ccc(-c2nnc(SCc3ccn(C)n3)n2-c2ccccc2)cc1. The first-order valence-electron chi connectivity index (χ1n) is 8.51. The first kappa shape index (κ1) is 17.4. The lowest BCUT2D eigenvalue weighted by Gasteiger charge is -2.10. The largest absolute Gasteiger partial charge is 0.497 e. The zero-order chi connectivity index (χ0) is 18.6. The highest BCUT2D eigenvalue weighted by molar-refractivity contribution is 7.98. The van der Waals surface area contributed by atoms with E-state index in [0.29, 0.717) is 0 Å². The van der Waals surface area contributed by atoms with Crippen molar-refractivity contribution in [3.05, 3.63) is 72.6 Å². The number of aromatic nitrogens is 5. The summed E-state index contributed by atoms with van der Waals surface area (Å²) in [5.74, 6) is 2.34. The lowest BCUT2D eigenvalue weighted by Crippen LogP contribution is -2.00. The van der Waals surface area contributed by atoms with Gasteiger partial charge in [-0.25, -0.2) is 0 Å². The number of ether oxygens (including phenoxy) is 1. The molecule has 6 nitrogen and oxygen atoms in total. The van der Waals surface area contributed by atoms with Crippen molar-refractivity contribution in [1.82, 2.24) is 24.5 Å². The molecule has 0 spiro atoms. The second kappa shape index (κ2) is 7.67. The summed E-state index contributed by atoms with van der Waals surface area (Å²) >= 11 is 1.62. The number of methoxy groups -OCH3 is 1. The standard InChI is InChI=1S/C20H19N5OS/c1-24-13-12-16(23-24)14-27-20-22-21-19(15-8-10-18(26-2)11-9-15)25(20)17-6-4-3-5-7-17/h3-13H,14H2,1-2H3. The number of benzene rings is 2. The average Bonchev–Trinajstić information content (AvgIpc) is 3.33. The quantitative estimate of drug-likeness (QED) is 0.476. The van der Waals surface area contributed by atoms with Gasteiger partial charge in [-0.1, -0.05) is 30.0 Å². The minimum Gasteiger partial charge on any atom is -0.497 e. The predicted molar refractivity (Wildman–Crippen MR) is 106 cm³/mol. The van der Waals surface area contributed by atoms with Crippen LogP contribution >= 0.6 is 11.8 Å². The second-order valence-electron chi connectivity index (χ2n) is 5.98. The molecule has 27 heavy (non-hydrogen) atoms. The Morgan fingerprint density at radius 2 is 1.74 bits per heavy atom. The smallest absolute Gasteiger partial charge is 0.196 e. The summed E-state index contributed by atoms with van der Waals surface area (Å²) in [6.07, 6.45) is 1.95. The van der Waals surface area contributed by atoms with E-state index in [1.165, 1.54) is 0 Å². The van der Waals surface area contributed by atoms with Crippen molar-refractivity contribution in [1.29, 1.82) is 0 Å². The Morgan fingerprint density at radius 3 is 2.41 bits per heavy atom. The van der Waals surface area contributed by atoms with Gasteiger partial charge in [0.1, 0.15) is 5.75 Å². The highest BCUT2D eigenvalue weighted by Crippen LogP contribution is 2.30. The van der Waals surface area contributed by atoms with E-state index in [0.717, 1.165) is 39.4 Å². The van der Waals surface area contributed by atoms with Crippen LogP contribution in [0.5, 0.6) is 5.75 Å². The molecule has 0 atom stereocenters. The molecule has 4 rings (SSSR count). The minimum atomic E-state index is 0.731. The van der Waals surface area contributed by atoms with Crippen LogP contribution in [0.1, 0.15) is 5.69 Å². The van der Waals surface area contributed by atoms with Gasteiger partial charge < -0.3 is 4.74 Å². The Hall–Kier alpha value is -3.06. The zero-order valence-corrected chi connectivity index (χ0v) is 15.9. The van der Waals surface area contributed by atoms with Gasteiger partial charge in [-0.05, 0) is 42.5 Å². The van der Waals surface area contributed by atoms with Gasteiger partial charge in [0, 0.05) is 30.2 Å². The topological polar surface area (TPSA) is 57.8 Å². The van der Waals surface area contributed by atoms with E-state index in [1.807, 2.05) is 61.8 Å². The van der Waals surface area contributed by atoms with E-state index in [4.69, 9.17) is 4.74 Å². The van der Waals surface area contributed by atoms with Crippen molar-refractivity contribution in [2.75, 3.05) is 7.11 Å². The average molecular weight is 377 g/mol. The normalized spacial score (nSPS) is 10.9. The van der Waals surface area contributed by atoms with Gasteiger partial charge in [0.25, 0.3) is 0 Å². The predicted octanol–water partition coefficient (Wildman–Crippen LogP) is 3.97. The second-order valence-corrected chi connectivity index (χ2v) is 6.92. The van der Waals surface area contributed by atoms with Crippen LogP contribution < -0.4 is 4.74 Å². The van der Waals surface area contributed by atoms with Crippen molar-refractivity contribution >= 4 is 11.8 Å². The summed E-state index contributed by atoms with van der Waals surface area (Å²) in [5, 5.41) is 14.2. The molecule has 2 heterocycles. The fraction of sp³-hybridized carbons (Fsp3) is 0.150. The summed E-state index contributed by atoms with van der Waals surface area (Å²) in [6.45, 7) is 0. The monoisotopic (exact) mass is 377 g/mol. The third-order valence-electron chi connectivity index (χ3n) is 4.11. The third-order valence-corrected chi connectivity index (χ3v) is 5.08. The lowest BCUT2D eigenvalue weighted by molar-refractivity contribution is 0.415. The highest BCUT2D eigenvalue weighted by Gasteiger charge is 2.16. The Balaban J connectivity index is 1.71. The van der Waals surface area contributed by atoms with Crippen LogP contribution in [0.15, 0.2) is 72.0 Å². The molecule has 4 aromatic rings. The number of thioether (sulfide) groups is 1. The number of hydrogen-bond donors (Lipinski definition) is 0. The highest BCUT2D eigenvalue weighted by atomic mass is 32.2. The number of para-hydroxylation sites is 1. The molecule has 7 heteroatoms. The van der Waals surface area contributed by atoms with Crippen molar-refractivity contribution in [3.63, 3.8) is 0 Å².